The number of halogens is 1. The number of hydrogen-bond donors (Lipinski definition) is 3. The zero-order valence-corrected chi connectivity index (χ0v) is 10.6. The van der Waals surface area contributed by atoms with Gasteiger partial charge in [0.1, 0.15) is 11.0 Å². The highest BCUT2D eigenvalue weighted by molar-refractivity contribution is 6.29. The number of hydrogen-bond acceptors (Lipinski definition) is 6. The lowest BCUT2D eigenvalue weighted by atomic mass is 10.4. The Morgan fingerprint density at radius 2 is 2.24 bits per heavy atom. The molecule has 0 spiro atoms. The maximum Gasteiger partial charge on any atom is 0.223 e. The summed E-state index contributed by atoms with van der Waals surface area (Å²) in [6, 6.07) is 1.63. The fourth-order valence-electron chi connectivity index (χ4n) is 1.44. The SMILES string of the molecule is CCN(CCO)CCNc1cc(Cl)nc(N)n1. The Balaban J connectivity index is 2.39. The smallest absolute Gasteiger partial charge is 0.223 e. The molecule has 1 heterocycles. The predicted molar refractivity (Wildman–Crippen MR) is 69.1 cm³/mol. The molecule has 0 fully saturated rings. The van der Waals surface area contributed by atoms with Crippen molar-refractivity contribution < 1.29 is 5.11 Å². The monoisotopic (exact) mass is 259 g/mol. The second kappa shape index (κ2) is 7.26. The summed E-state index contributed by atoms with van der Waals surface area (Å²) in [7, 11) is 0. The molecule has 96 valence electrons. The van der Waals surface area contributed by atoms with Gasteiger partial charge in [-0.2, -0.15) is 4.98 Å². The molecule has 0 aliphatic carbocycles. The molecular weight excluding hydrogens is 242 g/mol. The number of anilines is 2. The van der Waals surface area contributed by atoms with E-state index in [1.165, 1.54) is 0 Å². The normalized spacial score (nSPS) is 10.8. The largest absolute Gasteiger partial charge is 0.395 e. The van der Waals surface area contributed by atoms with Gasteiger partial charge in [-0.3, -0.25) is 4.90 Å². The molecule has 0 aliphatic rings. The van der Waals surface area contributed by atoms with E-state index in [2.05, 4.69) is 27.1 Å². The number of nitrogens with one attached hydrogen (secondary N) is 1. The van der Waals surface area contributed by atoms with Crippen LogP contribution >= 0.6 is 11.6 Å². The molecule has 0 bridgehead atoms. The zero-order valence-electron chi connectivity index (χ0n) is 9.86. The van der Waals surface area contributed by atoms with Crippen molar-refractivity contribution >= 4 is 23.4 Å². The van der Waals surface area contributed by atoms with E-state index in [0.717, 1.165) is 13.1 Å². The fraction of sp³-hybridized carbons (Fsp3) is 0.600. The fourth-order valence-corrected chi connectivity index (χ4v) is 1.63. The number of aliphatic hydroxyl groups excluding tert-OH is 1. The highest BCUT2D eigenvalue weighted by Gasteiger charge is 2.02. The Hall–Kier alpha value is -1.11. The van der Waals surface area contributed by atoms with Crippen molar-refractivity contribution in [1.29, 1.82) is 0 Å². The topological polar surface area (TPSA) is 87.3 Å². The second-order valence-electron chi connectivity index (χ2n) is 3.52. The van der Waals surface area contributed by atoms with Gasteiger partial charge < -0.3 is 16.2 Å². The molecule has 1 rings (SSSR count). The Bertz CT molecular complexity index is 329. The van der Waals surface area contributed by atoms with E-state index >= 15 is 0 Å². The van der Waals surface area contributed by atoms with Crippen LogP contribution in [0.2, 0.25) is 5.15 Å². The van der Waals surface area contributed by atoms with Gasteiger partial charge in [0.2, 0.25) is 5.95 Å². The summed E-state index contributed by atoms with van der Waals surface area (Å²) >= 11 is 5.75. The first-order valence-corrected chi connectivity index (χ1v) is 5.90. The van der Waals surface area contributed by atoms with E-state index < -0.39 is 0 Å². The molecule has 0 radical (unpaired) electrons. The van der Waals surface area contributed by atoms with Crippen molar-refractivity contribution in [2.45, 2.75) is 6.92 Å². The number of likely N-dealkylation sites (N-methyl/N-ethyl adjacent to an activating group) is 1. The number of aromatic nitrogens is 2. The van der Waals surface area contributed by atoms with Crippen molar-refractivity contribution in [2.75, 3.05) is 43.8 Å². The van der Waals surface area contributed by atoms with E-state index in [9.17, 15) is 0 Å². The molecule has 0 aliphatic heterocycles. The number of nitrogens with two attached hydrogens (primary N) is 1. The number of nitrogens with zero attached hydrogens (tertiary/aromatic N) is 3. The van der Waals surface area contributed by atoms with Crippen LogP contribution in [0.15, 0.2) is 6.07 Å². The molecule has 7 heteroatoms. The van der Waals surface area contributed by atoms with Crippen LogP contribution in [-0.4, -0.2) is 52.8 Å². The number of rotatable bonds is 7. The molecule has 4 N–H and O–H groups in total. The van der Waals surface area contributed by atoms with Crippen molar-refractivity contribution in [3.8, 4) is 0 Å². The van der Waals surface area contributed by atoms with Gasteiger partial charge >= 0.3 is 0 Å². The Kier molecular flexibility index (Phi) is 5.96. The van der Waals surface area contributed by atoms with Gasteiger partial charge in [0.05, 0.1) is 6.61 Å². The van der Waals surface area contributed by atoms with E-state index in [0.29, 0.717) is 24.1 Å². The van der Waals surface area contributed by atoms with E-state index in [1.54, 1.807) is 6.07 Å². The molecule has 1 aromatic rings. The van der Waals surface area contributed by atoms with Crippen molar-refractivity contribution in [3.63, 3.8) is 0 Å². The summed E-state index contributed by atoms with van der Waals surface area (Å²) < 4.78 is 0. The van der Waals surface area contributed by atoms with Crippen molar-refractivity contribution in [2.24, 2.45) is 0 Å². The van der Waals surface area contributed by atoms with Crippen LogP contribution in [0.4, 0.5) is 11.8 Å². The summed E-state index contributed by atoms with van der Waals surface area (Å²) in [5.74, 6) is 0.769. The van der Waals surface area contributed by atoms with E-state index in [1.807, 2.05) is 0 Å². The number of nitrogen functional groups attached to an aromatic ring is 1. The molecule has 0 saturated heterocycles. The molecule has 6 nitrogen and oxygen atoms in total. The second-order valence-corrected chi connectivity index (χ2v) is 3.91. The Labute approximate surface area is 106 Å². The van der Waals surface area contributed by atoms with Gasteiger partial charge in [0.15, 0.2) is 0 Å². The lowest BCUT2D eigenvalue weighted by molar-refractivity contribution is 0.206. The highest BCUT2D eigenvalue weighted by atomic mass is 35.5. The highest BCUT2D eigenvalue weighted by Crippen LogP contribution is 2.11. The van der Waals surface area contributed by atoms with Gasteiger partial charge in [-0.05, 0) is 6.54 Å². The third-order valence-corrected chi connectivity index (χ3v) is 2.50. The first-order valence-electron chi connectivity index (χ1n) is 5.53. The van der Waals surface area contributed by atoms with Gasteiger partial charge in [0, 0.05) is 25.7 Å². The van der Waals surface area contributed by atoms with Crippen LogP contribution in [0.1, 0.15) is 6.92 Å². The third kappa shape index (κ3) is 5.16. The van der Waals surface area contributed by atoms with E-state index in [-0.39, 0.29) is 12.6 Å². The average molecular weight is 260 g/mol. The lowest BCUT2D eigenvalue weighted by Gasteiger charge is -2.19. The first kappa shape index (κ1) is 14.0. The minimum atomic E-state index is 0.155. The van der Waals surface area contributed by atoms with E-state index in [4.69, 9.17) is 22.4 Å². The molecule has 0 aromatic carbocycles. The van der Waals surface area contributed by atoms with Crippen molar-refractivity contribution in [1.82, 2.24) is 14.9 Å². The van der Waals surface area contributed by atoms with Crippen LogP contribution in [0.3, 0.4) is 0 Å². The summed E-state index contributed by atoms with van der Waals surface area (Å²) in [5.41, 5.74) is 5.47. The van der Waals surface area contributed by atoms with Crippen LogP contribution in [-0.2, 0) is 0 Å². The minimum absolute atomic E-state index is 0.155. The van der Waals surface area contributed by atoms with Gasteiger partial charge in [-0.15, -0.1) is 0 Å². The quantitative estimate of drug-likeness (QED) is 0.616. The molecule has 1 aromatic heterocycles. The van der Waals surface area contributed by atoms with Crippen LogP contribution in [0.25, 0.3) is 0 Å². The molecule has 0 atom stereocenters. The maximum atomic E-state index is 8.84. The first-order chi connectivity index (χ1) is 8.15. The Morgan fingerprint density at radius 3 is 2.82 bits per heavy atom. The van der Waals surface area contributed by atoms with Gasteiger partial charge in [-0.1, -0.05) is 18.5 Å². The minimum Gasteiger partial charge on any atom is -0.395 e. The van der Waals surface area contributed by atoms with Gasteiger partial charge in [0.25, 0.3) is 0 Å². The lowest BCUT2D eigenvalue weighted by Crippen LogP contribution is -2.31. The van der Waals surface area contributed by atoms with Gasteiger partial charge in [-0.25, -0.2) is 4.98 Å². The average Bonchev–Trinajstić information content (AvgIpc) is 2.26. The third-order valence-electron chi connectivity index (χ3n) is 2.31. The summed E-state index contributed by atoms with van der Waals surface area (Å²) in [6.07, 6.45) is 0. The summed E-state index contributed by atoms with van der Waals surface area (Å²) in [6.45, 7) is 5.31. The Morgan fingerprint density at radius 1 is 1.47 bits per heavy atom. The molecular formula is C10H18ClN5O. The predicted octanol–water partition coefficient (Wildman–Crippen LogP) is 0.438. The molecule has 0 saturated carbocycles. The number of aliphatic hydroxyl groups is 1. The van der Waals surface area contributed by atoms with Crippen LogP contribution in [0, 0.1) is 0 Å². The zero-order chi connectivity index (χ0) is 12.7. The maximum absolute atomic E-state index is 8.84. The van der Waals surface area contributed by atoms with Crippen LogP contribution < -0.4 is 11.1 Å². The molecule has 17 heavy (non-hydrogen) atoms. The summed E-state index contributed by atoms with van der Waals surface area (Å²) in [4.78, 5) is 9.90. The molecule has 0 amide bonds. The molecule has 0 unspecified atom stereocenters. The standard InChI is InChI=1S/C10H18ClN5O/c1-2-16(5-6-17)4-3-13-9-7-8(11)14-10(12)15-9/h7,17H,2-6H2,1H3,(H3,12,13,14,15). The summed E-state index contributed by atoms with van der Waals surface area (Å²) in [5, 5.41) is 12.3. The van der Waals surface area contributed by atoms with Crippen molar-refractivity contribution in [3.05, 3.63) is 11.2 Å². The van der Waals surface area contributed by atoms with Crippen LogP contribution in [0.5, 0.6) is 0 Å².